The van der Waals surface area contributed by atoms with Crippen LogP contribution in [0.25, 0.3) is 0 Å². The van der Waals surface area contributed by atoms with Crippen molar-refractivity contribution in [2.24, 2.45) is 5.10 Å². The molecule has 138 valence electrons. The molecule has 0 bridgehead atoms. The maximum Gasteiger partial charge on any atom is 0.303 e. The monoisotopic (exact) mass is 390 g/mol. The summed E-state index contributed by atoms with van der Waals surface area (Å²) < 4.78 is 10.3. The van der Waals surface area contributed by atoms with Gasteiger partial charge in [-0.3, -0.25) is 9.59 Å². The summed E-state index contributed by atoms with van der Waals surface area (Å²) in [6.45, 7) is 0. The predicted molar refractivity (Wildman–Crippen MR) is 96.0 cm³/mol. The average Bonchev–Trinajstić information content (AvgIpc) is 2.56. The van der Waals surface area contributed by atoms with Gasteiger partial charge in [0.2, 0.25) is 5.91 Å². The molecule has 25 heavy (non-hydrogen) atoms. The van der Waals surface area contributed by atoms with Crippen molar-refractivity contribution in [1.29, 1.82) is 0 Å². The topological polar surface area (TPSA) is 97.2 Å². The van der Waals surface area contributed by atoms with Gasteiger partial charge in [-0.05, 0) is 12.8 Å². The molecule has 1 amide bonds. The van der Waals surface area contributed by atoms with E-state index in [1.165, 1.54) is 26.5 Å². The van der Waals surface area contributed by atoms with Crippen LogP contribution in [0.15, 0.2) is 11.2 Å². The molecule has 0 spiro atoms. The molecule has 0 fully saturated rings. The standard InChI is InChI=1S/C16H20Cl2N2O5/c1-24-12-8-11(17)10(15(18)16(12)25-2)9-19-20-13(21)6-4-3-5-7-14(22)23/h8-9H,3-7H2,1-2H3,(H,20,21)(H,22,23)/b19-9+. The zero-order valence-electron chi connectivity index (χ0n) is 14.0. The van der Waals surface area contributed by atoms with Crippen molar-refractivity contribution in [2.75, 3.05) is 14.2 Å². The lowest BCUT2D eigenvalue weighted by atomic mass is 10.1. The summed E-state index contributed by atoms with van der Waals surface area (Å²) in [5.41, 5.74) is 2.77. The molecule has 9 heteroatoms. The molecule has 1 aromatic carbocycles. The number of methoxy groups -OCH3 is 2. The largest absolute Gasteiger partial charge is 0.493 e. The summed E-state index contributed by atoms with van der Waals surface area (Å²) >= 11 is 12.3. The Bertz CT molecular complexity index is 650. The molecule has 0 saturated carbocycles. The number of rotatable bonds is 10. The highest BCUT2D eigenvalue weighted by atomic mass is 35.5. The number of nitrogens with one attached hydrogen (secondary N) is 1. The second kappa shape index (κ2) is 10.8. The second-order valence-electron chi connectivity index (χ2n) is 5.07. The van der Waals surface area contributed by atoms with Crippen LogP contribution in [0.1, 0.15) is 37.7 Å². The maximum absolute atomic E-state index is 11.7. The SMILES string of the molecule is COc1cc(Cl)c(/C=N/NC(=O)CCCCCC(=O)O)c(Cl)c1OC. The van der Waals surface area contributed by atoms with E-state index in [9.17, 15) is 9.59 Å². The molecule has 0 aliphatic rings. The molecular formula is C16H20Cl2N2O5. The normalized spacial score (nSPS) is 10.7. The third kappa shape index (κ3) is 6.80. The van der Waals surface area contributed by atoms with Crippen LogP contribution in [-0.4, -0.2) is 37.4 Å². The number of nitrogens with zero attached hydrogens (tertiary/aromatic N) is 1. The first-order valence-corrected chi connectivity index (χ1v) is 8.30. The number of carboxylic acid groups (broad SMARTS) is 1. The first kappa shape index (κ1) is 21.1. The first-order chi connectivity index (χ1) is 11.9. The van der Waals surface area contributed by atoms with Gasteiger partial charge in [-0.2, -0.15) is 5.10 Å². The Labute approximate surface area is 155 Å². The highest BCUT2D eigenvalue weighted by Crippen LogP contribution is 2.40. The van der Waals surface area contributed by atoms with Gasteiger partial charge in [-0.25, -0.2) is 5.43 Å². The molecule has 1 rings (SSSR count). The molecule has 0 aromatic heterocycles. The molecule has 0 heterocycles. The van der Waals surface area contributed by atoms with E-state index in [1.807, 2.05) is 0 Å². The van der Waals surface area contributed by atoms with Gasteiger partial charge in [0.15, 0.2) is 11.5 Å². The highest BCUT2D eigenvalue weighted by Gasteiger charge is 2.16. The Kier molecular flexibility index (Phi) is 9.08. The van der Waals surface area contributed by atoms with E-state index >= 15 is 0 Å². The van der Waals surface area contributed by atoms with Gasteiger partial charge in [0.1, 0.15) is 0 Å². The molecule has 7 nitrogen and oxygen atoms in total. The van der Waals surface area contributed by atoms with E-state index in [-0.39, 0.29) is 23.8 Å². The summed E-state index contributed by atoms with van der Waals surface area (Å²) in [6.07, 6.45) is 3.49. The number of ether oxygens (including phenoxy) is 2. The van der Waals surface area contributed by atoms with E-state index in [4.69, 9.17) is 37.8 Å². The van der Waals surface area contributed by atoms with Gasteiger partial charge in [0.25, 0.3) is 0 Å². The number of unbranched alkanes of at least 4 members (excludes halogenated alkanes) is 2. The lowest BCUT2D eigenvalue weighted by Gasteiger charge is -2.12. The van der Waals surface area contributed by atoms with Crippen molar-refractivity contribution < 1.29 is 24.2 Å². The average molecular weight is 391 g/mol. The summed E-state index contributed by atoms with van der Waals surface area (Å²) in [6, 6.07) is 1.54. The lowest BCUT2D eigenvalue weighted by molar-refractivity contribution is -0.137. The smallest absolute Gasteiger partial charge is 0.303 e. The molecule has 0 radical (unpaired) electrons. The number of carboxylic acids is 1. The Morgan fingerprint density at radius 1 is 1.20 bits per heavy atom. The minimum atomic E-state index is -0.835. The van der Waals surface area contributed by atoms with Gasteiger partial charge in [-0.1, -0.05) is 29.6 Å². The van der Waals surface area contributed by atoms with Gasteiger partial charge in [-0.15, -0.1) is 0 Å². The molecule has 0 aliphatic heterocycles. The van der Waals surface area contributed by atoms with Crippen LogP contribution >= 0.6 is 23.2 Å². The van der Waals surface area contributed by atoms with Gasteiger partial charge in [0, 0.05) is 24.5 Å². The van der Waals surface area contributed by atoms with E-state index in [0.717, 1.165) is 0 Å². The Morgan fingerprint density at radius 3 is 2.48 bits per heavy atom. The number of halogens is 2. The van der Waals surface area contributed by atoms with Crippen LogP contribution in [0.5, 0.6) is 11.5 Å². The second-order valence-corrected chi connectivity index (χ2v) is 5.85. The highest BCUT2D eigenvalue weighted by molar-refractivity contribution is 6.40. The van der Waals surface area contributed by atoms with E-state index in [0.29, 0.717) is 41.3 Å². The van der Waals surface area contributed by atoms with Crippen LogP contribution in [0.4, 0.5) is 0 Å². The summed E-state index contributed by atoms with van der Waals surface area (Å²) in [7, 11) is 2.92. The number of aliphatic carboxylic acids is 1. The molecule has 0 unspecified atom stereocenters. The van der Waals surface area contributed by atoms with Crippen LogP contribution in [0.2, 0.25) is 10.0 Å². The van der Waals surface area contributed by atoms with Crippen LogP contribution in [-0.2, 0) is 9.59 Å². The number of carbonyl (C=O) groups excluding carboxylic acids is 1. The van der Waals surface area contributed by atoms with Crippen molar-refractivity contribution in [1.82, 2.24) is 5.43 Å². The van der Waals surface area contributed by atoms with Gasteiger partial charge < -0.3 is 14.6 Å². The van der Waals surface area contributed by atoms with E-state index < -0.39 is 5.97 Å². The third-order valence-corrected chi connectivity index (χ3v) is 3.96. The zero-order valence-corrected chi connectivity index (χ0v) is 15.5. The lowest BCUT2D eigenvalue weighted by Crippen LogP contribution is -2.17. The van der Waals surface area contributed by atoms with E-state index in [2.05, 4.69) is 10.5 Å². The summed E-state index contributed by atoms with van der Waals surface area (Å²) in [4.78, 5) is 22.0. The fourth-order valence-corrected chi connectivity index (χ4v) is 2.63. The van der Waals surface area contributed by atoms with E-state index in [1.54, 1.807) is 0 Å². The Morgan fingerprint density at radius 2 is 1.88 bits per heavy atom. The van der Waals surface area contributed by atoms with Crippen LogP contribution in [0, 0.1) is 0 Å². The quantitative estimate of drug-likeness (QED) is 0.362. The number of hydrazone groups is 1. The number of amides is 1. The maximum atomic E-state index is 11.7. The van der Waals surface area contributed by atoms with Crippen molar-refractivity contribution >= 4 is 41.3 Å². The van der Waals surface area contributed by atoms with Gasteiger partial charge in [0.05, 0.1) is 30.5 Å². The summed E-state index contributed by atoms with van der Waals surface area (Å²) in [5.74, 6) is -0.406. The number of hydrogen-bond acceptors (Lipinski definition) is 5. The molecular weight excluding hydrogens is 371 g/mol. The molecule has 0 saturated heterocycles. The Balaban J connectivity index is 2.58. The Hall–Kier alpha value is -1.99. The minimum Gasteiger partial charge on any atom is -0.493 e. The molecule has 0 aliphatic carbocycles. The van der Waals surface area contributed by atoms with Crippen molar-refractivity contribution in [2.45, 2.75) is 32.1 Å². The summed E-state index contributed by atoms with van der Waals surface area (Å²) in [5, 5.41) is 12.9. The molecule has 1 aromatic rings. The van der Waals surface area contributed by atoms with Crippen molar-refractivity contribution in [3.63, 3.8) is 0 Å². The van der Waals surface area contributed by atoms with Gasteiger partial charge >= 0.3 is 5.97 Å². The first-order valence-electron chi connectivity index (χ1n) is 7.54. The van der Waals surface area contributed by atoms with Crippen LogP contribution < -0.4 is 14.9 Å². The molecule has 2 N–H and O–H groups in total. The molecule has 0 atom stereocenters. The zero-order chi connectivity index (χ0) is 18.8. The van der Waals surface area contributed by atoms with Crippen molar-refractivity contribution in [3.05, 3.63) is 21.7 Å². The van der Waals surface area contributed by atoms with Crippen LogP contribution in [0.3, 0.4) is 0 Å². The number of carbonyl (C=O) groups is 2. The number of benzene rings is 1. The number of hydrogen-bond donors (Lipinski definition) is 2. The fourth-order valence-electron chi connectivity index (χ4n) is 2.02. The fraction of sp³-hybridized carbons (Fsp3) is 0.438. The third-order valence-electron chi connectivity index (χ3n) is 3.28. The predicted octanol–water partition coefficient (Wildman–Crippen LogP) is 3.50. The van der Waals surface area contributed by atoms with Crippen molar-refractivity contribution in [3.8, 4) is 11.5 Å². The minimum absolute atomic E-state index is 0.107.